The van der Waals surface area contributed by atoms with Gasteiger partial charge in [0.15, 0.2) is 0 Å². The van der Waals surface area contributed by atoms with Gasteiger partial charge in [-0.2, -0.15) is 0 Å². The highest BCUT2D eigenvalue weighted by atomic mass is 32.2. The van der Waals surface area contributed by atoms with Crippen LogP contribution in [0.1, 0.15) is 43.3 Å². The van der Waals surface area contributed by atoms with Crippen molar-refractivity contribution in [3.8, 4) is 11.1 Å². The smallest absolute Gasteiger partial charge is 0.0963 e. The van der Waals surface area contributed by atoms with Crippen LogP contribution in [0, 0.1) is 19.3 Å². The summed E-state index contributed by atoms with van der Waals surface area (Å²) in [7, 11) is 0. The van der Waals surface area contributed by atoms with Crippen molar-refractivity contribution in [3.63, 3.8) is 0 Å². The van der Waals surface area contributed by atoms with Crippen molar-refractivity contribution < 1.29 is 0 Å². The fourth-order valence-corrected chi connectivity index (χ4v) is 4.12. The maximum absolute atomic E-state index is 4.94. The molecule has 0 unspecified atom stereocenters. The van der Waals surface area contributed by atoms with Crippen molar-refractivity contribution in [1.29, 1.82) is 0 Å². The van der Waals surface area contributed by atoms with Crippen LogP contribution in [-0.2, 0) is 12.2 Å². The molecule has 0 fully saturated rings. The fraction of sp³-hybridized carbons (Fsp3) is 0.333. The summed E-state index contributed by atoms with van der Waals surface area (Å²) in [5.41, 5.74) is 7.64. The first-order chi connectivity index (χ1) is 12.8. The molecular formula is C24H28N2S. The van der Waals surface area contributed by atoms with Crippen LogP contribution in [0.5, 0.6) is 0 Å². The first kappa shape index (κ1) is 19.6. The summed E-state index contributed by atoms with van der Waals surface area (Å²) in [4.78, 5) is 9.39. The molecule has 140 valence electrons. The van der Waals surface area contributed by atoms with Crippen LogP contribution in [0.3, 0.4) is 0 Å². The molecule has 0 saturated carbocycles. The van der Waals surface area contributed by atoms with Crippen LogP contribution in [0.25, 0.3) is 11.1 Å². The Kier molecular flexibility index (Phi) is 6.01. The lowest BCUT2D eigenvalue weighted by molar-refractivity contribution is 0.406. The summed E-state index contributed by atoms with van der Waals surface area (Å²) in [6, 6.07) is 17.2. The number of hydrogen-bond acceptors (Lipinski definition) is 3. The molecule has 3 heteroatoms. The van der Waals surface area contributed by atoms with Gasteiger partial charge in [-0.3, -0.25) is 4.98 Å². The van der Waals surface area contributed by atoms with Crippen molar-refractivity contribution in [2.24, 2.45) is 5.41 Å². The standard InChI is InChI=1S/C24H28N2S/c1-17-9-11-19(12-10-17)21-14-20(15-24(3,4)5)26-18(2)22(21)16-27-23-8-6-7-13-25-23/h6-14H,15-16H2,1-5H3. The van der Waals surface area contributed by atoms with Gasteiger partial charge in [-0.15, -0.1) is 11.8 Å². The molecule has 0 amide bonds. The zero-order valence-corrected chi connectivity index (χ0v) is 17.7. The van der Waals surface area contributed by atoms with Crippen molar-refractivity contribution in [2.75, 3.05) is 0 Å². The van der Waals surface area contributed by atoms with Crippen LogP contribution in [0.2, 0.25) is 0 Å². The zero-order chi connectivity index (χ0) is 19.4. The molecule has 2 aromatic heterocycles. The summed E-state index contributed by atoms with van der Waals surface area (Å²) < 4.78 is 0. The second-order valence-corrected chi connectivity index (χ2v) is 9.28. The monoisotopic (exact) mass is 376 g/mol. The van der Waals surface area contributed by atoms with Gasteiger partial charge in [0.2, 0.25) is 0 Å². The highest BCUT2D eigenvalue weighted by Gasteiger charge is 2.17. The van der Waals surface area contributed by atoms with E-state index < -0.39 is 0 Å². The topological polar surface area (TPSA) is 25.8 Å². The van der Waals surface area contributed by atoms with Crippen LogP contribution >= 0.6 is 11.8 Å². The van der Waals surface area contributed by atoms with Gasteiger partial charge >= 0.3 is 0 Å². The largest absolute Gasteiger partial charge is 0.258 e. The number of thioether (sulfide) groups is 1. The summed E-state index contributed by atoms with van der Waals surface area (Å²) in [6.07, 6.45) is 2.82. The minimum atomic E-state index is 0.216. The number of aryl methyl sites for hydroxylation is 2. The first-order valence-electron chi connectivity index (χ1n) is 9.42. The van der Waals surface area contributed by atoms with Crippen molar-refractivity contribution in [3.05, 3.63) is 77.2 Å². The normalized spacial score (nSPS) is 11.6. The van der Waals surface area contributed by atoms with E-state index in [1.165, 1.54) is 27.9 Å². The molecule has 0 bridgehead atoms. The molecular weight excluding hydrogens is 348 g/mol. The maximum Gasteiger partial charge on any atom is 0.0963 e. The lowest BCUT2D eigenvalue weighted by Crippen LogP contribution is -2.12. The van der Waals surface area contributed by atoms with Crippen molar-refractivity contribution >= 4 is 11.8 Å². The van der Waals surface area contributed by atoms with E-state index in [4.69, 9.17) is 4.98 Å². The summed E-state index contributed by atoms with van der Waals surface area (Å²) in [6.45, 7) is 11.1. The van der Waals surface area contributed by atoms with Crippen LogP contribution in [-0.4, -0.2) is 9.97 Å². The second kappa shape index (κ2) is 8.26. The van der Waals surface area contributed by atoms with E-state index in [-0.39, 0.29) is 5.41 Å². The Morgan fingerprint density at radius 1 is 0.963 bits per heavy atom. The van der Waals surface area contributed by atoms with E-state index in [0.717, 1.165) is 22.9 Å². The molecule has 3 rings (SSSR count). The third-order valence-electron chi connectivity index (χ3n) is 4.46. The van der Waals surface area contributed by atoms with Crippen LogP contribution < -0.4 is 0 Å². The number of aromatic nitrogens is 2. The van der Waals surface area contributed by atoms with Crippen molar-refractivity contribution in [1.82, 2.24) is 9.97 Å². The molecule has 0 aliphatic carbocycles. The zero-order valence-electron chi connectivity index (χ0n) is 16.9. The highest BCUT2D eigenvalue weighted by molar-refractivity contribution is 7.98. The Balaban J connectivity index is 2.00. The van der Waals surface area contributed by atoms with Crippen molar-refractivity contribution in [2.45, 2.75) is 51.8 Å². The SMILES string of the molecule is Cc1ccc(-c2cc(CC(C)(C)C)nc(C)c2CSc2ccccn2)cc1. The van der Waals surface area contributed by atoms with Gasteiger partial charge in [-0.1, -0.05) is 56.7 Å². The molecule has 1 aromatic carbocycles. The summed E-state index contributed by atoms with van der Waals surface area (Å²) in [5.74, 6) is 0.870. The lowest BCUT2D eigenvalue weighted by atomic mass is 9.88. The van der Waals surface area contributed by atoms with Crippen LogP contribution in [0.4, 0.5) is 0 Å². The van der Waals surface area contributed by atoms with E-state index in [9.17, 15) is 0 Å². The Labute approximate surface area is 167 Å². The molecule has 0 radical (unpaired) electrons. The second-order valence-electron chi connectivity index (χ2n) is 8.29. The highest BCUT2D eigenvalue weighted by Crippen LogP contribution is 2.33. The molecule has 27 heavy (non-hydrogen) atoms. The summed E-state index contributed by atoms with van der Waals surface area (Å²) in [5, 5.41) is 1.05. The molecule has 3 aromatic rings. The first-order valence-corrected chi connectivity index (χ1v) is 10.4. The minimum Gasteiger partial charge on any atom is -0.258 e. The number of benzene rings is 1. The number of hydrogen-bond donors (Lipinski definition) is 0. The Hall–Kier alpha value is -2.13. The molecule has 2 nitrogen and oxygen atoms in total. The Morgan fingerprint density at radius 3 is 2.33 bits per heavy atom. The molecule has 2 heterocycles. The molecule has 0 aliphatic rings. The van der Waals surface area contributed by atoms with Gasteiger partial charge in [0, 0.05) is 23.3 Å². The molecule has 0 saturated heterocycles. The van der Waals surface area contributed by atoms with E-state index in [1.54, 1.807) is 11.8 Å². The summed E-state index contributed by atoms with van der Waals surface area (Å²) >= 11 is 1.77. The van der Waals surface area contributed by atoms with Gasteiger partial charge in [0.25, 0.3) is 0 Å². The number of pyridine rings is 2. The molecule has 0 N–H and O–H groups in total. The van der Waals surface area contributed by atoms with Gasteiger partial charge in [0.1, 0.15) is 0 Å². The van der Waals surface area contributed by atoms with E-state index in [2.05, 4.69) is 76.0 Å². The predicted molar refractivity (Wildman–Crippen MR) is 116 cm³/mol. The van der Waals surface area contributed by atoms with Gasteiger partial charge in [-0.25, -0.2) is 4.98 Å². The maximum atomic E-state index is 4.94. The van der Waals surface area contributed by atoms with Crippen LogP contribution in [0.15, 0.2) is 59.8 Å². The Bertz CT molecular complexity index is 894. The minimum absolute atomic E-state index is 0.216. The lowest BCUT2D eigenvalue weighted by Gasteiger charge is -2.20. The van der Waals surface area contributed by atoms with Gasteiger partial charge in [0.05, 0.1) is 5.03 Å². The quantitative estimate of drug-likeness (QED) is 0.467. The van der Waals surface area contributed by atoms with Gasteiger partial charge in [-0.05, 0) is 60.6 Å². The third-order valence-corrected chi connectivity index (χ3v) is 5.43. The van der Waals surface area contributed by atoms with Gasteiger partial charge < -0.3 is 0 Å². The average Bonchev–Trinajstić information content (AvgIpc) is 2.61. The third kappa shape index (κ3) is 5.43. The molecule has 0 spiro atoms. The van der Waals surface area contributed by atoms with E-state index >= 15 is 0 Å². The van der Waals surface area contributed by atoms with E-state index in [0.29, 0.717) is 0 Å². The molecule has 0 aliphatic heterocycles. The molecule has 0 atom stereocenters. The van der Waals surface area contributed by atoms with E-state index in [1.807, 2.05) is 18.3 Å². The number of nitrogens with zero attached hydrogens (tertiary/aromatic N) is 2. The Morgan fingerprint density at radius 2 is 1.70 bits per heavy atom. The fourth-order valence-electron chi connectivity index (χ4n) is 3.15. The average molecular weight is 377 g/mol. The number of rotatable bonds is 5. The predicted octanol–water partition coefficient (Wildman–Crippen LogP) is 6.64.